The number of ether oxygens (including phenoxy) is 3. The zero-order valence-corrected chi connectivity index (χ0v) is 23.3. The van der Waals surface area contributed by atoms with Crippen molar-refractivity contribution in [3.05, 3.63) is 52.0 Å². The second kappa shape index (κ2) is 12.6. The molecule has 5 rings (SSSR count). The fourth-order valence-electron chi connectivity index (χ4n) is 5.06. The number of nitrogens with one attached hydrogen (secondary N) is 2. The first-order valence-corrected chi connectivity index (χ1v) is 13.8. The first-order valence-electron chi connectivity index (χ1n) is 13.5. The number of carbonyl (C=O) groups excluding carboxylic acids is 3. The van der Waals surface area contributed by atoms with Gasteiger partial charge in [0, 0.05) is 59.6 Å². The van der Waals surface area contributed by atoms with Crippen LogP contribution >= 0.6 is 11.6 Å². The largest absolute Gasteiger partial charge is 0.492 e. The Kier molecular flexibility index (Phi) is 8.91. The van der Waals surface area contributed by atoms with Gasteiger partial charge in [-0.2, -0.15) is 0 Å². The first kappa shape index (κ1) is 29.0. The number of hydrogen-bond acceptors (Lipinski definition) is 8. The number of morpholine rings is 1. The molecule has 0 aliphatic carbocycles. The van der Waals surface area contributed by atoms with Gasteiger partial charge in [0.1, 0.15) is 30.1 Å². The minimum absolute atomic E-state index is 0.0162. The molecule has 3 fully saturated rings. The average Bonchev–Trinajstić information content (AvgIpc) is 2.90. The summed E-state index contributed by atoms with van der Waals surface area (Å²) in [5, 5.41) is 5.21. The second-order valence-corrected chi connectivity index (χ2v) is 10.7. The van der Waals surface area contributed by atoms with Crippen LogP contribution in [0.2, 0.25) is 5.02 Å². The topological polar surface area (TPSA) is 109 Å². The highest BCUT2D eigenvalue weighted by Gasteiger charge is 2.35. The summed E-state index contributed by atoms with van der Waals surface area (Å²) < 4.78 is 46.4. The minimum atomic E-state index is -1.07. The Morgan fingerprint density at radius 1 is 1.15 bits per heavy atom. The summed E-state index contributed by atoms with van der Waals surface area (Å²) in [7, 11) is 0. The summed E-state index contributed by atoms with van der Waals surface area (Å²) in [5.74, 6) is -3.41. The van der Waals surface area contributed by atoms with Crippen LogP contribution in [0.4, 0.5) is 25.0 Å². The lowest BCUT2D eigenvalue weighted by atomic mass is 9.89. The van der Waals surface area contributed by atoms with Gasteiger partial charge in [-0.05, 0) is 31.5 Å². The van der Waals surface area contributed by atoms with Crippen molar-refractivity contribution in [1.82, 2.24) is 10.2 Å². The quantitative estimate of drug-likeness (QED) is 0.448. The minimum Gasteiger partial charge on any atom is -0.492 e. The highest BCUT2D eigenvalue weighted by atomic mass is 35.5. The lowest BCUT2D eigenvalue weighted by molar-refractivity contribution is -0.134. The van der Waals surface area contributed by atoms with Gasteiger partial charge in [-0.1, -0.05) is 11.6 Å². The number of amides is 3. The van der Waals surface area contributed by atoms with Crippen molar-refractivity contribution in [3.63, 3.8) is 0 Å². The van der Waals surface area contributed by atoms with Gasteiger partial charge in [-0.3, -0.25) is 25.1 Å². The summed E-state index contributed by atoms with van der Waals surface area (Å²) in [6, 6.07) is 5.58. The van der Waals surface area contributed by atoms with Crippen LogP contribution in [0.5, 0.6) is 5.75 Å². The molecule has 3 amide bonds. The molecule has 13 heteroatoms. The fourth-order valence-corrected chi connectivity index (χ4v) is 5.27. The van der Waals surface area contributed by atoms with E-state index in [-0.39, 0.29) is 37.2 Å². The molecular formula is C28H31ClF2N4O6. The number of benzene rings is 2. The predicted molar refractivity (Wildman–Crippen MR) is 147 cm³/mol. The van der Waals surface area contributed by atoms with Gasteiger partial charge in [-0.25, -0.2) is 13.6 Å². The van der Waals surface area contributed by atoms with Crippen molar-refractivity contribution < 1.29 is 37.4 Å². The molecule has 0 aromatic heterocycles. The van der Waals surface area contributed by atoms with Gasteiger partial charge in [-0.15, -0.1) is 0 Å². The van der Waals surface area contributed by atoms with Crippen LogP contribution in [0.1, 0.15) is 29.9 Å². The maximum atomic E-state index is 14.8. The molecule has 2 aromatic rings. The number of carbonyl (C=O) groups is 3. The third-order valence-electron chi connectivity index (χ3n) is 7.45. The van der Waals surface area contributed by atoms with Crippen LogP contribution in [0.25, 0.3) is 0 Å². The molecule has 0 bridgehead atoms. The summed E-state index contributed by atoms with van der Waals surface area (Å²) in [4.78, 5) is 39.9. The van der Waals surface area contributed by atoms with Crippen molar-refractivity contribution in [3.8, 4) is 5.75 Å². The standard InChI is InChI=1S/C28H31ClF2N4O6/c1-16-21(29)10-17(11-24(16)40-9-6-34-4-7-39-8-5-34)32-28(38)41-19-14-35(15-19)18-12-22(30)26(23(31)13-18)20-2-3-25(36)33-27(20)37/h10-13,19-20H,2-9,14-15H2,1H3,(H,32,38)(H,33,36,37). The molecule has 3 heterocycles. The molecule has 2 N–H and O–H groups in total. The predicted octanol–water partition coefficient (Wildman–Crippen LogP) is 3.60. The normalized spacial score (nSPS) is 19.9. The van der Waals surface area contributed by atoms with E-state index in [1.54, 1.807) is 17.0 Å². The number of anilines is 2. The van der Waals surface area contributed by atoms with Crippen LogP contribution < -0.4 is 20.3 Å². The Labute approximate surface area is 240 Å². The molecule has 3 aliphatic rings. The van der Waals surface area contributed by atoms with Gasteiger partial charge in [0.2, 0.25) is 11.8 Å². The molecule has 3 aliphatic heterocycles. The van der Waals surface area contributed by atoms with Gasteiger partial charge in [0.05, 0.1) is 32.2 Å². The van der Waals surface area contributed by atoms with Crippen LogP contribution in [-0.2, 0) is 19.1 Å². The number of imide groups is 1. The maximum Gasteiger partial charge on any atom is 0.412 e. The van der Waals surface area contributed by atoms with E-state index >= 15 is 0 Å². The Balaban J connectivity index is 1.12. The summed E-state index contributed by atoms with van der Waals surface area (Å²) in [5.41, 5.74) is 1.08. The molecule has 0 spiro atoms. The summed E-state index contributed by atoms with van der Waals surface area (Å²) >= 11 is 6.36. The first-order chi connectivity index (χ1) is 19.7. The second-order valence-electron chi connectivity index (χ2n) is 10.3. The monoisotopic (exact) mass is 592 g/mol. The van der Waals surface area contributed by atoms with Crippen LogP contribution in [-0.4, -0.2) is 81.5 Å². The highest BCUT2D eigenvalue weighted by molar-refractivity contribution is 6.31. The van der Waals surface area contributed by atoms with E-state index < -0.39 is 41.6 Å². The van der Waals surface area contributed by atoms with Gasteiger partial charge in [0.25, 0.3) is 0 Å². The maximum absolute atomic E-state index is 14.8. The molecule has 1 atom stereocenters. The van der Waals surface area contributed by atoms with Gasteiger partial charge >= 0.3 is 6.09 Å². The van der Waals surface area contributed by atoms with Gasteiger partial charge < -0.3 is 19.1 Å². The molecule has 0 radical (unpaired) electrons. The number of hydrogen-bond donors (Lipinski definition) is 2. The van der Waals surface area contributed by atoms with Crippen molar-refractivity contribution >= 4 is 40.9 Å². The molecular weight excluding hydrogens is 562 g/mol. The van der Waals surface area contributed by atoms with Crippen LogP contribution in [0, 0.1) is 18.6 Å². The molecule has 220 valence electrons. The summed E-state index contributed by atoms with van der Waals surface area (Å²) in [6.45, 7) is 6.61. The number of nitrogens with zero attached hydrogens (tertiary/aromatic N) is 2. The molecule has 1 unspecified atom stereocenters. The van der Waals surface area contributed by atoms with Crippen LogP contribution in [0.3, 0.4) is 0 Å². The van der Waals surface area contributed by atoms with Crippen molar-refractivity contribution in [2.45, 2.75) is 31.8 Å². The van der Waals surface area contributed by atoms with E-state index in [4.69, 9.17) is 25.8 Å². The summed E-state index contributed by atoms with van der Waals surface area (Å²) in [6.07, 6.45) is -1.14. The molecule has 0 saturated carbocycles. The number of rotatable bonds is 8. The third-order valence-corrected chi connectivity index (χ3v) is 7.84. The lowest BCUT2D eigenvalue weighted by Crippen LogP contribution is -2.53. The SMILES string of the molecule is Cc1c(Cl)cc(NC(=O)OC2CN(c3cc(F)c(C4CCC(=O)NC4=O)c(F)c3)C2)cc1OCCN1CCOCC1. The van der Waals surface area contributed by atoms with Crippen molar-refractivity contribution in [1.29, 1.82) is 0 Å². The lowest BCUT2D eigenvalue weighted by Gasteiger charge is -2.40. The fraction of sp³-hybridized carbons (Fsp3) is 0.464. The van der Waals surface area contributed by atoms with E-state index in [2.05, 4.69) is 15.5 Å². The van der Waals surface area contributed by atoms with Gasteiger partial charge in [0.15, 0.2) is 0 Å². The smallest absolute Gasteiger partial charge is 0.412 e. The molecule has 3 saturated heterocycles. The Morgan fingerprint density at radius 2 is 1.85 bits per heavy atom. The van der Waals surface area contributed by atoms with Crippen LogP contribution in [0.15, 0.2) is 24.3 Å². The third kappa shape index (κ3) is 6.88. The van der Waals surface area contributed by atoms with Crippen molar-refractivity contribution in [2.75, 3.05) is 62.8 Å². The zero-order chi connectivity index (χ0) is 29.1. The van der Waals surface area contributed by atoms with E-state index in [9.17, 15) is 23.2 Å². The van der Waals surface area contributed by atoms with E-state index in [1.807, 2.05) is 6.92 Å². The zero-order valence-electron chi connectivity index (χ0n) is 22.5. The van der Waals surface area contributed by atoms with E-state index in [0.717, 1.165) is 37.3 Å². The van der Waals surface area contributed by atoms with E-state index in [0.29, 0.717) is 36.3 Å². The highest BCUT2D eigenvalue weighted by Crippen LogP contribution is 2.34. The Morgan fingerprint density at radius 3 is 2.54 bits per heavy atom. The molecule has 41 heavy (non-hydrogen) atoms. The average molecular weight is 593 g/mol. The molecule has 2 aromatic carbocycles. The molecule has 10 nitrogen and oxygen atoms in total. The van der Waals surface area contributed by atoms with E-state index in [1.165, 1.54) is 0 Å². The Hall–Kier alpha value is -3.48. The number of halogens is 3. The Bertz CT molecular complexity index is 1310. The number of piperidine rings is 1. The van der Waals surface area contributed by atoms with Crippen molar-refractivity contribution in [2.24, 2.45) is 0 Å².